The molecule has 2 rings (SSSR count). The number of carbonyl (C=O) groups is 1. The molecule has 0 aliphatic rings. The van der Waals surface area contributed by atoms with Crippen molar-refractivity contribution >= 4 is 34.8 Å². The number of amides is 1. The van der Waals surface area contributed by atoms with Crippen LogP contribution in [0.15, 0.2) is 30.3 Å². The van der Waals surface area contributed by atoms with Gasteiger partial charge in [-0.15, -0.1) is 0 Å². The SMILES string of the molecule is Cc1c(NCc2cc(Cl)cc(Cl)c2O)cccc1C(N)=O. The zero-order chi connectivity index (χ0) is 15.6. The number of benzene rings is 2. The van der Waals surface area contributed by atoms with Gasteiger partial charge in [0.25, 0.3) is 0 Å². The molecular formula is C15H14Cl2N2O2. The lowest BCUT2D eigenvalue weighted by Gasteiger charge is -2.13. The van der Waals surface area contributed by atoms with Crippen molar-refractivity contribution in [3.63, 3.8) is 0 Å². The van der Waals surface area contributed by atoms with Crippen molar-refractivity contribution in [3.05, 3.63) is 57.1 Å². The number of aromatic hydroxyl groups is 1. The topological polar surface area (TPSA) is 75.3 Å². The minimum absolute atomic E-state index is 0.0164. The van der Waals surface area contributed by atoms with Crippen molar-refractivity contribution in [2.75, 3.05) is 5.32 Å². The first-order chi connectivity index (χ1) is 9.90. The predicted molar refractivity (Wildman–Crippen MR) is 85.2 cm³/mol. The van der Waals surface area contributed by atoms with E-state index in [-0.39, 0.29) is 10.8 Å². The van der Waals surface area contributed by atoms with E-state index in [1.54, 1.807) is 25.1 Å². The Bertz CT molecular complexity index is 702. The highest BCUT2D eigenvalue weighted by Crippen LogP contribution is 2.32. The van der Waals surface area contributed by atoms with Crippen LogP contribution in [0.25, 0.3) is 0 Å². The van der Waals surface area contributed by atoms with Crippen molar-refractivity contribution in [1.29, 1.82) is 0 Å². The summed E-state index contributed by atoms with van der Waals surface area (Å²) in [7, 11) is 0. The summed E-state index contributed by atoms with van der Waals surface area (Å²) in [5.74, 6) is -0.498. The van der Waals surface area contributed by atoms with Gasteiger partial charge in [-0.25, -0.2) is 0 Å². The fraction of sp³-hybridized carbons (Fsp3) is 0.133. The number of phenols is 1. The average Bonchev–Trinajstić information content (AvgIpc) is 2.42. The maximum atomic E-state index is 11.3. The molecule has 0 radical (unpaired) electrons. The maximum absolute atomic E-state index is 11.3. The number of halogens is 2. The van der Waals surface area contributed by atoms with Crippen LogP contribution >= 0.6 is 23.2 Å². The molecule has 6 heteroatoms. The molecule has 0 aliphatic heterocycles. The maximum Gasteiger partial charge on any atom is 0.249 e. The van der Waals surface area contributed by atoms with Gasteiger partial charge < -0.3 is 16.2 Å². The van der Waals surface area contributed by atoms with E-state index < -0.39 is 5.91 Å². The van der Waals surface area contributed by atoms with E-state index in [9.17, 15) is 9.90 Å². The Kier molecular flexibility index (Phi) is 4.60. The number of hydrogen-bond donors (Lipinski definition) is 3. The normalized spacial score (nSPS) is 10.4. The Morgan fingerprint density at radius 2 is 2.05 bits per heavy atom. The van der Waals surface area contributed by atoms with Gasteiger partial charge in [0.2, 0.25) is 5.91 Å². The Hall–Kier alpha value is -1.91. The number of rotatable bonds is 4. The van der Waals surface area contributed by atoms with Gasteiger partial charge in [-0.1, -0.05) is 29.3 Å². The van der Waals surface area contributed by atoms with Gasteiger partial charge in [0.05, 0.1) is 5.02 Å². The van der Waals surface area contributed by atoms with Crippen molar-refractivity contribution in [2.24, 2.45) is 5.73 Å². The summed E-state index contributed by atoms with van der Waals surface area (Å²) >= 11 is 11.8. The molecule has 110 valence electrons. The van der Waals surface area contributed by atoms with Gasteiger partial charge in [0.15, 0.2) is 0 Å². The molecule has 4 nitrogen and oxygen atoms in total. The second-order valence-corrected chi connectivity index (χ2v) is 5.43. The van der Waals surface area contributed by atoms with Crippen molar-refractivity contribution in [1.82, 2.24) is 0 Å². The number of anilines is 1. The monoisotopic (exact) mass is 324 g/mol. The first-order valence-corrected chi connectivity index (χ1v) is 6.96. The van der Waals surface area contributed by atoms with Crippen LogP contribution in [-0.4, -0.2) is 11.0 Å². The molecule has 4 N–H and O–H groups in total. The number of nitrogens with two attached hydrogens (primary N) is 1. The molecule has 0 heterocycles. The highest BCUT2D eigenvalue weighted by Gasteiger charge is 2.11. The molecule has 2 aromatic rings. The van der Waals surface area contributed by atoms with E-state index in [1.165, 1.54) is 6.07 Å². The zero-order valence-corrected chi connectivity index (χ0v) is 12.8. The van der Waals surface area contributed by atoms with Crippen LogP contribution in [0.5, 0.6) is 5.75 Å². The van der Waals surface area contributed by atoms with Crippen LogP contribution in [0.4, 0.5) is 5.69 Å². The first kappa shape index (κ1) is 15.5. The van der Waals surface area contributed by atoms with E-state index in [0.29, 0.717) is 22.7 Å². The lowest BCUT2D eigenvalue weighted by atomic mass is 10.1. The third-order valence-corrected chi connectivity index (χ3v) is 3.68. The summed E-state index contributed by atoms with van der Waals surface area (Å²) in [5.41, 5.74) is 7.83. The first-order valence-electron chi connectivity index (χ1n) is 6.20. The number of hydrogen-bond acceptors (Lipinski definition) is 3. The zero-order valence-electron chi connectivity index (χ0n) is 11.3. The van der Waals surface area contributed by atoms with Gasteiger partial charge in [0, 0.05) is 28.4 Å². The fourth-order valence-corrected chi connectivity index (χ4v) is 2.57. The molecule has 2 aromatic carbocycles. The van der Waals surface area contributed by atoms with E-state index in [0.717, 1.165) is 11.3 Å². The molecule has 0 fully saturated rings. The Morgan fingerprint density at radius 1 is 1.33 bits per heavy atom. The minimum Gasteiger partial charge on any atom is -0.506 e. The van der Waals surface area contributed by atoms with Crippen LogP contribution in [-0.2, 0) is 6.54 Å². The predicted octanol–water partition coefficient (Wildman–Crippen LogP) is 3.72. The van der Waals surface area contributed by atoms with Crippen LogP contribution in [0.3, 0.4) is 0 Å². The van der Waals surface area contributed by atoms with E-state index >= 15 is 0 Å². The number of primary amides is 1. The molecule has 0 spiro atoms. The van der Waals surface area contributed by atoms with Crippen LogP contribution < -0.4 is 11.1 Å². The number of carbonyl (C=O) groups excluding carboxylic acids is 1. The van der Waals surface area contributed by atoms with Gasteiger partial charge in [-0.2, -0.15) is 0 Å². The molecule has 0 atom stereocenters. The lowest BCUT2D eigenvalue weighted by molar-refractivity contribution is 0.1000. The second kappa shape index (κ2) is 6.24. The van der Waals surface area contributed by atoms with Crippen molar-refractivity contribution < 1.29 is 9.90 Å². The Labute approximate surface area is 132 Å². The number of phenolic OH excluding ortho intramolecular Hbond substituents is 1. The Balaban J connectivity index is 2.25. The van der Waals surface area contributed by atoms with E-state index in [4.69, 9.17) is 28.9 Å². The summed E-state index contributed by atoms with van der Waals surface area (Å²) in [6, 6.07) is 8.33. The minimum atomic E-state index is -0.482. The second-order valence-electron chi connectivity index (χ2n) is 4.59. The van der Waals surface area contributed by atoms with Crippen molar-refractivity contribution in [3.8, 4) is 5.75 Å². The largest absolute Gasteiger partial charge is 0.506 e. The molecule has 0 saturated heterocycles. The van der Waals surface area contributed by atoms with Gasteiger partial charge >= 0.3 is 0 Å². The van der Waals surface area contributed by atoms with Crippen LogP contribution in [0.1, 0.15) is 21.5 Å². The van der Waals surface area contributed by atoms with Crippen LogP contribution in [0.2, 0.25) is 10.0 Å². The summed E-state index contributed by atoms with van der Waals surface area (Å²) in [6.45, 7) is 2.11. The van der Waals surface area contributed by atoms with Crippen LogP contribution in [0, 0.1) is 6.92 Å². The molecule has 0 aromatic heterocycles. The standard InChI is InChI=1S/C15H14Cl2N2O2/c1-8-11(15(18)21)3-2-4-13(8)19-7-9-5-10(16)6-12(17)14(9)20/h2-6,19-20H,7H2,1H3,(H2,18,21). The smallest absolute Gasteiger partial charge is 0.249 e. The fourth-order valence-electron chi connectivity index (χ4n) is 2.04. The molecule has 0 bridgehead atoms. The molecule has 1 amide bonds. The van der Waals surface area contributed by atoms with E-state index in [2.05, 4.69) is 5.32 Å². The molecular weight excluding hydrogens is 311 g/mol. The van der Waals surface area contributed by atoms with Crippen molar-refractivity contribution in [2.45, 2.75) is 13.5 Å². The summed E-state index contributed by atoms with van der Waals surface area (Å²) in [6.07, 6.45) is 0. The molecule has 0 saturated carbocycles. The molecule has 0 unspecified atom stereocenters. The lowest BCUT2D eigenvalue weighted by Crippen LogP contribution is -2.14. The summed E-state index contributed by atoms with van der Waals surface area (Å²) in [4.78, 5) is 11.3. The quantitative estimate of drug-likeness (QED) is 0.802. The van der Waals surface area contributed by atoms with Gasteiger partial charge in [-0.05, 0) is 36.8 Å². The van der Waals surface area contributed by atoms with Gasteiger partial charge in [0.1, 0.15) is 5.75 Å². The third kappa shape index (κ3) is 3.40. The molecule has 0 aliphatic carbocycles. The highest BCUT2D eigenvalue weighted by molar-refractivity contribution is 6.35. The summed E-state index contributed by atoms with van der Waals surface area (Å²) < 4.78 is 0. The van der Waals surface area contributed by atoms with Gasteiger partial charge in [-0.3, -0.25) is 4.79 Å². The Morgan fingerprint density at radius 3 is 2.71 bits per heavy atom. The molecule has 21 heavy (non-hydrogen) atoms. The third-order valence-electron chi connectivity index (χ3n) is 3.18. The number of nitrogens with one attached hydrogen (secondary N) is 1. The highest BCUT2D eigenvalue weighted by atomic mass is 35.5. The average molecular weight is 325 g/mol. The summed E-state index contributed by atoms with van der Waals surface area (Å²) in [5, 5.41) is 13.7. The van der Waals surface area contributed by atoms with E-state index in [1.807, 2.05) is 6.07 Å².